The predicted molar refractivity (Wildman–Crippen MR) is 62.1 cm³/mol. The number of halogens is 1. The molecule has 0 radical (unpaired) electrons. The van der Waals surface area contributed by atoms with Crippen LogP contribution in [0.25, 0.3) is 0 Å². The van der Waals surface area contributed by atoms with Gasteiger partial charge in [-0.1, -0.05) is 6.42 Å². The molecule has 2 rings (SSSR count). The quantitative estimate of drug-likeness (QED) is 0.877. The topological polar surface area (TPSA) is 38.7 Å². The molecule has 1 aliphatic carbocycles. The van der Waals surface area contributed by atoms with E-state index >= 15 is 0 Å². The Morgan fingerprint density at radius 2 is 2.00 bits per heavy atom. The van der Waals surface area contributed by atoms with Crippen LogP contribution in [0.3, 0.4) is 0 Å². The molecule has 0 unspecified atom stereocenters. The van der Waals surface area contributed by atoms with Crippen molar-refractivity contribution >= 4 is 0 Å². The lowest BCUT2D eigenvalue weighted by Gasteiger charge is -2.42. The monoisotopic (exact) mass is 240 g/mol. The average Bonchev–Trinajstić information content (AvgIpc) is 2.29. The summed E-state index contributed by atoms with van der Waals surface area (Å²) in [4.78, 5) is 0. The second-order valence-corrected chi connectivity index (χ2v) is 4.45. The number of methoxy groups -OCH3 is 2. The fourth-order valence-electron chi connectivity index (χ4n) is 2.50. The summed E-state index contributed by atoms with van der Waals surface area (Å²) in [6.07, 6.45) is 2.70. The van der Waals surface area contributed by atoms with Gasteiger partial charge in [0.05, 0.1) is 20.8 Å². The lowest BCUT2D eigenvalue weighted by molar-refractivity contribution is 0.113. The Kier molecular flexibility index (Phi) is 3.24. The fourth-order valence-corrected chi connectivity index (χ4v) is 2.50. The minimum Gasteiger partial charge on any atom is -0.496 e. The second-order valence-electron chi connectivity index (χ2n) is 4.45. The number of hydrogen-bond donors (Lipinski definition) is 1. The molecular formula is C13H17FO3. The molecule has 3 nitrogen and oxygen atoms in total. The summed E-state index contributed by atoms with van der Waals surface area (Å²) in [5, 5.41) is 9.59. The first-order valence-corrected chi connectivity index (χ1v) is 5.70. The normalized spacial score (nSPS) is 17.4. The summed E-state index contributed by atoms with van der Waals surface area (Å²) >= 11 is 0. The standard InChI is InChI=1S/C13H17FO3/c1-16-10-5-4-9(14)12(17-2)11(10)13(8-15)6-3-7-13/h4-5,15H,3,6-8H2,1-2H3. The van der Waals surface area contributed by atoms with Gasteiger partial charge in [-0.2, -0.15) is 0 Å². The maximum atomic E-state index is 13.7. The van der Waals surface area contributed by atoms with Gasteiger partial charge >= 0.3 is 0 Å². The summed E-state index contributed by atoms with van der Waals surface area (Å²) in [6, 6.07) is 2.91. The van der Waals surface area contributed by atoms with Gasteiger partial charge in [0.15, 0.2) is 11.6 Å². The molecular weight excluding hydrogens is 223 g/mol. The largest absolute Gasteiger partial charge is 0.496 e. The van der Waals surface area contributed by atoms with Crippen molar-refractivity contribution in [3.05, 3.63) is 23.5 Å². The van der Waals surface area contributed by atoms with Crippen LogP contribution in [0.5, 0.6) is 11.5 Å². The van der Waals surface area contributed by atoms with Gasteiger partial charge in [0.25, 0.3) is 0 Å². The highest BCUT2D eigenvalue weighted by atomic mass is 19.1. The maximum Gasteiger partial charge on any atom is 0.165 e. The molecule has 17 heavy (non-hydrogen) atoms. The molecule has 1 aromatic carbocycles. The summed E-state index contributed by atoms with van der Waals surface area (Å²) in [5.41, 5.74) is 0.259. The molecule has 1 aliphatic rings. The van der Waals surface area contributed by atoms with E-state index in [1.165, 1.54) is 13.2 Å². The van der Waals surface area contributed by atoms with E-state index in [0.717, 1.165) is 19.3 Å². The third-order valence-corrected chi connectivity index (χ3v) is 3.64. The highest BCUT2D eigenvalue weighted by Crippen LogP contribution is 2.51. The zero-order valence-corrected chi connectivity index (χ0v) is 10.1. The molecule has 4 heteroatoms. The highest BCUT2D eigenvalue weighted by Gasteiger charge is 2.43. The lowest BCUT2D eigenvalue weighted by Crippen LogP contribution is -2.38. The maximum absolute atomic E-state index is 13.7. The van der Waals surface area contributed by atoms with Crippen LogP contribution < -0.4 is 9.47 Å². The fraction of sp³-hybridized carbons (Fsp3) is 0.538. The molecule has 1 fully saturated rings. The van der Waals surface area contributed by atoms with E-state index in [4.69, 9.17) is 9.47 Å². The van der Waals surface area contributed by atoms with Gasteiger partial charge in [0.2, 0.25) is 0 Å². The molecule has 0 amide bonds. The Balaban J connectivity index is 2.59. The molecule has 0 atom stereocenters. The first-order valence-electron chi connectivity index (χ1n) is 5.70. The van der Waals surface area contributed by atoms with Crippen molar-refractivity contribution in [2.45, 2.75) is 24.7 Å². The number of aliphatic hydroxyl groups excluding tert-OH is 1. The first-order chi connectivity index (χ1) is 8.18. The first kappa shape index (κ1) is 12.2. The summed E-state index contributed by atoms with van der Waals surface area (Å²) < 4.78 is 24.1. The van der Waals surface area contributed by atoms with Crippen molar-refractivity contribution < 1.29 is 19.0 Å². The zero-order chi connectivity index (χ0) is 12.5. The van der Waals surface area contributed by atoms with Crippen LogP contribution >= 0.6 is 0 Å². The van der Waals surface area contributed by atoms with Gasteiger partial charge in [-0.3, -0.25) is 0 Å². The summed E-state index contributed by atoms with van der Waals surface area (Å²) in [5.74, 6) is 0.359. The van der Waals surface area contributed by atoms with Crippen molar-refractivity contribution in [1.82, 2.24) is 0 Å². The highest BCUT2D eigenvalue weighted by molar-refractivity contribution is 5.52. The van der Waals surface area contributed by atoms with Crippen LogP contribution in [-0.2, 0) is 5.41 Å². The van der Waals surface area contributed by atoms with Crippen molar-refractivity contribution in [3.8, 4) is 11.5 Å². The Bertz CT molecular complexity index is 408. The number of benzene rings is 1. The predicted octanol–water partition coefficient (Wildman–Crippen LogP) is 2.26. The minimum atomic E-state index is -0.414. The second kappa shape index (κ2) is 4.53. The number of rotatable bonds is 4. The van der Waals surface area contributed by atoms with E-state index < -0.39 is 11.2 Å². The van der Waals surface area contributed by atoms with E-state index in [1.807, 2.05) is 0 Å². The third kappa shape index (κ3) is 1.76. The lowest BCUT2D eigenvalue weighted by atomic mass is 9.64. The zero-order valence-electron chi connectivity index (χ0n) is 10.1. The van der Waals surface area contributed by atoms with Gasteiger partial charge in [-0.15, -0.1) is 0 Å². The average molecular weight is 240 g/mol. The van der Waals surface area contributed by atoms with Crippen molar-refractivity contribution in [2.75, 3.05) is 20.8 Å². The Morgan fingerprint density at radius 1 is 1.29 bits per heavy atom. The molecule has 94 valence electrons. The van der Waals surface area contributed by atoms with Crippen molar-refractivity contribution in [3.63, 3.8) is 0 Å². The summed E-state index contributed by atoms with van der Waals surface area (Å²) in [7, 11) is 2.98. The van der Waals surface area contributed by atoms with Crippen molar-refractivity contribution in [2.24, 2.45) is 0 Å². The SMILES string of the molecule is COc1ccc(F)c(OC)c1C1(CO)CCC1. The van der Waals surface area contributed by atoms with Crippen molar-refractivity contribution in [1.29, 1.82) is 0 Å². The summed E-state index contributed by atoms with van der Waals surface area (Å²) in [6.45, 7) is -0.0107. The van der Waals surface area contributed by atoms with E-state index in [2.05, 4.69) is 0 Å². The Hall–Kier alpha value is -1.29. The molecule has 1 saturated carbocycles. The molecule has 0 saturated heterocycles. The molecule has 0 bridgehead atoms. The van der Waals surface area contributed by atoms with Crippen LogP contribution in [-0.4, -0.2) is 25.9 Å². The van der Waals surface area contributed by atoms with Gasteiger partial charge in [0, 0.05) is 11.0 Å². The van der Waals surface area contributed by atoms with Crippen LogP contribution in [0.1, 0.15) is 24.8 Å². The Morgan fingerprint density at radius 3 is 2.41 bits per heavy atom. The van der Waals surface area contributed by atoms with Gasteiger partial charge in [-0.05, 0) is 25.0 Å². The van der Waals surface area contributed by atoms with E-state index in [1.54, 1.807) is 13.2 Å². The van der Waals surface area contributed by atoms with Crippen LogP contribution in [0.15, 0.2) is 12.1 Å². The van der Waals surface area contributed by atoms with E-state index in [-0.39, 0.29) is 12.4 Å². The molecule has 1 N–H and O–H groups in total. The van der Waals surface area contributed by atoms with Gasteiger partial charge in [0.1, 0.15) is 5.75 Å². The molecule has 0 aliphatic heterocycles. The van der Waals surface area contributed by atoms with Crippen LogP contribution in [0, 0.1) is 5.82 Å². The van der Waals surface area contributed by atoms with E-state index in [9.17, 15) is 9.50 Å². The molecule has 0 heterocycles. The number of ether oxygens (including phenoxy) is 2. The molecule has 0 aromatic heterocycles. The van der Waals surface area contributed by atoms with Gasteiger partial charge < -0.3 is 14.6 Å². The smallest absolute Gasteiger partial charge is 0.165 e. The molecule has 0 spiro atoms. The third-order valence-electron chi connectivity index (χ3n) is 3.64. The Labute approximate surface area is 100 Å². The van der Waals surface area contributed by atoms with Crippen LogP contribution in [0.2, 0.25) is 0 Å². The molecule has 1 aromatic rings. The van der Waals surface area contributed by atoms with E-state index in [0.29, 0.717) is 11.3 Å². The van der Waals surface area contributed by atoms with Crippen LogP contribution in [0.4, 0.5) is 4.39 Å². The number of aliphatic hydroxyl groups is 1. The number of hydrogen-bond acceptors (Lipinski definition) is 3. The minimum absolute atomic E-state index is 0.0107. The van der Waals surface area contributed by atoms with Gasteiger partial charge in [-0.25, -0.2) is 4.39 Å².